The van der Waals surface area contributed by atoms with Crippen LogP contribution in [0.15, 0.2) is 60.8 Å². The predicted octanol–water partition coefficient (Wildman–Crippen LogP) is 6.44. The summed E-state index contributed by atoms with van der Waals surface area (Å²) in [6.07, 6.45) is 5.83. The molecule has 1 aromatic carbocycles. The van der Waals surface area contributed by atoms with Gasteiger partial charge in [0.15, 0.2) is 0 Å². The number of carboxylic acids is 1. The third-order valence-electron chi connectivity index (χ3n) is 8.36. The van der Waals surface area contributed by atoms with Crippen LogP contribution in [0.1, 0.15) is 74.7 Å². The van der Waals surface area contributed by atoms with Crippen molar-refractivity contribution in [2.75, 3.05) is 43.2 Å². The average molecular weight is 601 g/mol. The van der Waals surface area contributed by atoms with E-state index in [1.54, 1.807) is 24.3 Å². The topological polar surface area (TPSA) is 105 Å². The molecular weight excluding hydrogens is 556 g/mol. The molecule has 9 heteroatoms. The van der Waals surface area contributed by atoms with Gasteiger partial charge in [-0.15, -0.1) is 0 Å². The van der Waals surface area contributed by atoms with E-state index in [-0.39, 0.29) is 23.7 Å². The largest absolute Gasteiger partial charge is 0.493 e. The van der Waals surface area contributed by atoms with Gasteiger partial charge in [0, 0.05) is 31.9 Å². The highest BCUT2D eigenvalue weighted by Crippen LogP contribution is 2.45. The Kier molecular flexibility index (Phi) is 9.71. The van der Waals surface area contributed by atoms with Crippen LogP contribution in [0, 0.1) is 17.3 Å². The van der Waals surface area contributed by atoms with Crippen LogP contribution in [0.2, 0.25) is 0 Å². The molecule has 2 aromatic heterocycles. The number of carbonyl (C=O) groups is 2. The molecule has 234 valence electrons. The molecule has 1 atom stereocenters. The Hall–Kier alpha value is -4.14. The number of aliphatic carboxylic acids is 1. The summed E-state index contributed by atoms with van der Waals surface area (Å²) in [7, 11) is 1.58. The predicted molar refractivity (Wildman–Crippen MR) is 171 cm³/mol. The Morgan fingerprint density at radius 2 is 1.82 bits per heavy atom. The van der Waals surface area contributed by atoms with Crippen molar-refractivity contribution >= 4 is 23.5 Å². The van der Waals surface area contributed by atoms with Crippen molar-refractivity contribution < 1.29 is 24.2 Å². The first-order valence-corrected chi connectivity index (χ1v) is 15.6. The lowest BCUT2D eigenvalue weighted by Gasteiger charge is -2.35. The van der Waals surface area contributed by atoms with Gasteiger partial charge in [-0.3, -0.25) is 14.5 Å². The number of carbonyl (C=O) groups excluding carboxylic acids is 1. The monoisotopic (exact) mass is 600 g/mol. The van der Waals surface area contributed by atoms with Gasteiger partial charge < -0.3 is 19.5 Å². The number of aromatic nitrogens is 2. The molecule has 44 heavy (non-hydrogen) atoms. The van der Waals surface area contributed by atoms with Crippen molar-refractivity contribution in [3.05, 3.63) is 71.9 Å². The minimum absolute atomic E-state index is 0.0450. The summed E-state index contributed by atoms with van der Waals surface area (Å²) in [5.74, 6) is 2.45. The maximum absolute atomic E-state index is 14.1. The van der Waals surface area contributed by atoms with Gasteiger partial charge in [0.25, 0.3) is 5.91 Å². The minimum Gasteiger partial charge on any atom is -0.493 e. The minimum atomic E-state index is -0.756. The molecule has 1 N–H and O–H groups in total. The second-order valence-electron chi connectivity index (χ2n) is 13.2. The number of ether oxygens (including phenoxy) is 2. The summed E-state index contributed by atoms with van der Waals surface area (Å²) in [5, 5.41) is 9.40. The second kappa shape index (κ2) is 13.7. The highest BCUT2D eigenvalue weighted by molar-refractivity contribution is 6.09. The van der Waals surface area contributed by atoms with Gasteiger partial charge in [-0.25, -0.2) is 4.98 Å². The normalized spacial score (nSPS) is 16.3. The number of carboxylic acid groups (broad SMARTS) is 1. The van der Waals surface area contributed by atoms with Crippen LogP contribution >= 0.6 is 0 Å². The Morgan fingerprint density at radius 1 is 1.05 bits per heavy atom. The third kappa shape index (κ3) is 8.07. The smallest absolute Gasteiger partial charge is 0.303 e. The molecule has 9 nitrogen and oxygen atoms in total. The highest BCUT2D eigenvalue weighted by atomic mass is 16.5. The van der Waals surface area contributed by atoms with Crippen LogP contribution in [0.4, 0.5) is 11.6 Å². The van der Waals surface area contributed by atoms with Crippen LogP contribution in [0.3, 0.4) is 0 Å². The quantitative estimate of drug-likeness (QED) is 0.253. The Morgan fingerprint density at radius 3 is 2.45 bits per heavy atom. The number of rotatable bonds is 12. The molecule has 2 aliphatic rings. The van der Waals surface area contributed by atoms with Crippen LogP contribution in [-0.4, -0.2) is 60.3 Å². The van der Waals surface area contributed by atoms with Crippen molar-refractivity contribution in [1.82, 2.24) is 9.97 Å². The zero-order valence-electron chi connectivity index (χ0n) is 26.2. The molecule has 1 amide bonds. The van der Waals surface area contributed by atoms with Gasteiger partial charge in [0.05, 0.1) is 25.7 Å². The van der Waals surface area contributed by atoms with E-state index in [2.05, 4.69) is 30.7 Å². The van der Waals surface area contributed by atoms with E-state index in [1.165, 1.54) is 0 Å². The molecule has 3 aromatic rings. The maximum atomic E-state index is 14.1. The van der Waals surface area contributed by atoms with Gasteiger partial charge in [0.1, 0.15) is 17.4 Å². The number of piperidine rings is 1. The summed E-state index contributed by atoms with van der Waals surface area (Å²) in [4.78, 5) is 38.7. The molecule has 1 saturated heterocycles. The molecule has 1 unspecified atom stereocenters. The lowest BCUT2D eigenvalue weighted by Crippen LogP contribution is -2.41. The molecule has 2 fully saturated rings. The zero-order valence-corrected chi connectivity index (χ0v) is 26.2. The summed E-state index contributed by atoms with van der Waals surface area (Å²) >= 11 is 0. The lowest BCUT2D eigenvalue weighted by molar-refractivity contribution is -0.137. The van der Waals surface area contributed by atoms with Crippen molar-refractivity contribution in [2.45, 2.75) is 58.8 Å². The number of anilines is 2. The number of pyridine rings is 2. The van der Waals surface area contributed by atoms with E-state index in [0.29, 0.717) is 48.1 Å². The third-order valence-corrected chi connectivity index (χ3v) is 8.36. The SMILES string of the molecule is COc1ccc(C(=O)N(CC(C)(C)C)c2ccccn2)c(N2CCC(COc3cccc(C(CC(=O)O)C4CC4)c3)CC2)n1. The number of amides is 1. The van der Waals surface area contributed by atoms with E-state index in [9.17, 15) is 14.7 Å². The van der Waals surface area contributed by atoms with Crippen LogP contribution < -0.4 is 19.3 Å². The zero-order chi connectivity index (χ0) is 31.3. The molecule has 0 spiro atoms. The molecule has 1 saturated carbocycles. The van der Waals surface area contributed by atoms with E-state index in [1.807, 2.05) is 48.5 Å². The lowest BCUT2D eigenvalue weighted by atomic mass is 9.91. The van der Waals surface area contributed by atoms with Crippen molar-refractivity contribution in [3.63, 3.8) is 0 Å². The highest BCUT2D eigenvalue weighted by Gasteiger charge is 2.34. The number of hydrogen-bond donors (Lipinski definition) is 1. The van der Waals surface area contributed by atoms with Crippen molar-refractivity contribution in [2.24, 2.45) is 17.3 Å². The summed E-state index contributed by atoms with van der Waals surface area (Å²) in [6.45, 7) is 8.88. The number of methoxy groups -OCH3 is 1. The van der Waals surface area contributed by atoms with Crippen molar-refractivity contribution in [3.8, 4) is 11.6 Å². The summed E-state index contributed by atoms with van der Waals surface area (Å²) in [6, 6.07) is 17.1. The fourth-order valence-corrected chi connectivity index (χ4v) is 5.95. The van der Waals surface area contributed by atoms with Crippen LogP contribution in [0.5, 0.6) is 11.6 Å². The van der Waals surface area contributed by atoms with Gasteiger partial charge in [-0.2, -0.15) is 4.98 Å². The van der Waals surface area contributed by atoms with E-state index < -0.39 is 5.97 Å². The molecule has 3 heterocycles. The first-order chi connectivity index (χ1) is 21.1. The van der Waals surface area contributed by atoms with E-state index in [4.69, 9.17) is 14.5 Å². The maximum Gasteiger partial charge on any atom is 0.303 e. The number of benzene rings is 1. The van der Waals surface area contributed by atoms with Gasteiger partial charge in [0.2, 0.25) is 5.88 Å². The Bertz CT molecular complexity index is 1430. The fourth-order valence-electron chi connectivity index (χ4n) is 5.95. The van der Waals surface area contributed by atoms with E-state index >= 15 is 0 Å². The molecule has 1 aliphatic carbocycles. The average Bonchev–Trinajstić information content (AvgIpc) is 3.87. The number of nitrogens with zero attached hydrogens (tertiary/aromatic N) is 4. The first kappa shape index (κ1) is 31.3. The van der Waals surface area contributed by atoms with E-state index in [0.717, 1.165) is 50.1 Å². The molecule has 0 bridgehead atoms. The van der Waals surface area contributed by atoms with Gasteiger partial charge in [-0.1, -0.05) is 39.0 Å². The molecule has 1 aliphatic heterocycles. The molecule has 0 radical (unpaired) electrons. The van der Waals surface area contributed by atoms with Crippen LogP contribution in [0.25, 0.3) is 0 Å². The van der Waals surface area contributed by atoms with Gasteiger partial charge in [-0.05, 0) is 84.7 Å². The molecular formula is C35H44N4O5. The van der Waals surface area contributed by atoms with Crippen LogP contribution in [-0.2, 0) is 4.79 Å². The Balaban J connectivity index is 1.26. The first-order valence-electron chi connectivity index (χ1n) is 15.6. The standard InChI is InChI=1S/C35H44N4O5/c1-35(2,3)23-39(30-10-5-6-17-36-30)34(42)28-13-14-31(43-4)37-33(28)38-18-15-24(16-19-38)22-44-27-9-7-8-26(20-27)29(21-32(40)41)25-11-12-25/h5-10,13-14,17,20,24-25,29H,11-12,15-16,18-19,21-23H2,1-4H3,(H,40,41). The fraction of sp³-hybridized carbons (Fsp3) is 0.486. The van der Waals surface area contributed by atoms with Crippen molar-refractivity contribution in [1.29, 1.82) is 0 Å². The van der Waals surface area contributed by atoms with Gasteiger partial charge >= 0.3 is 5.97 Å². The summed E-state index contributed by atoms with van der Waals surface area (Å²) in [5.41, 5.74) is 1.44. The summed E-state index contributed by atoms with van der Waals surface area (Å²) < 4.78 is 11.7. The second-order valence-corrected chi connectivity index (χ2v) is 13.2. The Labute approximate surface area is 260 Å². The molecule has 5 rings (SSSR count). The number of hydrogen-bond acceptors (Lipinski definition) is 7.